The molecule has 3 aromatic heterocycles. The Morgan fingerprint density at radius 1 is 1.18 bits per heavy atom. The Labute approximate surface area is 189 Å². The van der Waals surface area contributed by atoms with E-state index in [1.165, 1.54) is 12.8 Å². The summed E-state index contributed by atoms with van der Waals surface area (Å²) in [5, 5.41) is 12.7. The van der Waals surface area contributed by atoms with Crippen LogP contribution in [0.5, 0.6) is 5.75 Å². The number of anilines is 1. The van der Waals surface area contributed by atoms with Gasteiger partial charge in [-0.15, -0.1) is 0 Å². The van der Waals surface area contributed by atoms with Crippen LogP contribution in [0.25, 0.3) is 17.1 Å². The highest BCUT2D eigenvalue weighted by Gasteiger charge is 2.27. The van der Waals surface area contributed by atoms with E-state index in [-0.39, 0.29) is 30.9 Å². The van der Waals surface area contributed by atoms with Crippen molar-refractivity contribution in [3.63, 3.8) is 0 Å². The van der Waals surface area contributed by atoms with Crippen LogP contribution >= 0.6 is 0 Å². The standard InChI is InChI=1S/C24H22N6O3/c31-12-17-13-33-22-18(23-26-8-9-30(17)23)2-1-3-19(22)28-24(32)20-10-16(6-7-25-20)29-11-21(27-14-29)15-4-5-15/h1-3,6-11,14-15,17,31H,4-5,12-13H2,(H,28,32). The summed E-state index contributed by atoms with van der Waals surface area (Å²) in [7, 11) is 0. The van der Waals surface area contributed by atoms with Crippen molar-refractivity contribution in [1.82, 2.24) is 24.1 Å². The van der Waals surface area contributed by atoms with Gasteiger partial charge in [-0.25, -0.2) is 9.97 Å². The molecule has 0 spiro atoms. The van der Waals surface area contributed by atoms with E-state index in [1.807, 2.05) is 39.7 Å². The first-order valence-corrected chi connectivity index (χ1v) is 10.9. The van der Waals surface area contributed by atoms with Crippen molar-refractivity contribution < 1.29 is 14.6 Å². The van der Waals surface area contributed by atoms with Crippen molar-refractivity contribution in [2.45, 2.75) is 24.8 Å². The van der Waals surface area contributed by atoms with Crippen LogP contribution < -0.4 is 10.1 Å². The second kappa shape index (κ2) is 7.86. The average molecular weight is 442 g/mol. The van der Waals surface area contributed by atoms with Gasteiger partial charge in [-0.3, -0.25) is 9.78 Å². The van der Waals surface area contributed by atoms with Gasteiger partial charge in [0.15, 0.2) is 5.75 Å². The van der Waals surface area contributed by atoms with E-state index in [9.17, 15) is 9.90 Å². The van der Waals surface area contributed by atoms with Gasteiger partial charge < -0.3 is 24.3 Å². The summed E-state index contributed by atoms with van der Waals surface area (Å²) in [6.07, 6.45) is 11.3. The number of imidazole rings is 2. The lowest BCUT2D eigenvalue weighted by molar-refractivity contribution is 0.102. The van der Waals surface area contributed by atoms with Crippen molar-refractivity contribution >= 4 is 11.6 Å². The minimum atomic E-state index is -0.345. The van der Waals surface area contributed by atoms with Crippen molar-refractivity contribution in [3.8, 4) is 22.8 Å². The van der Waals surface area contributed by atoms with Gasteiger partial charge in [-0.2, -0.15) is 0 Å². The molecular weight excluding hydrogens is 420 g/mol. The van der Waals surface area contributed by atoms with Crippen LogP contribution in [0.3, 0.4) is 0 Å². The fraction of sp³-hybridized carbons (Fsp3) is 0.250. The van der Waals surface area contributed by atoms with Gasteiger partial charge in [0.2, 0.25) is 0 Å². The Kier molecular flexibility index (Phi) is 4.69. The number of carbonyl (C=O) groups excluding carboxylic acids is 1. The number of pyridine rings is 1. The van der Waals surface area contributed by atoms with E-state index in [0.717, 1.165) is 16.9 Å². The fourth-order valence-corrected chi connectivity index (χ4v) is 4.14. The van der Waals surface area contributed by atoms with E-state index < -0.39 is 0 Å². The number of hydrogen-bond acceptors (Lipinski definition) is 6. The second-order valence-corrected chi connectivity index (χ2v) is 8.32. The summed E-state index contributed by atoms with van der Waals surface area (Å²) in [4.78, 5) is 26.3. The first-order valence-electron chi connectivity index (χ1n) is 10.9. The highest BCUT2D eigenvalue weighted by Crippen LogP contribution is 2.40. The molecule has 1 fully saturated rings. The maximum atomic E-state index is 13.1. The lowest BCUT2D eigenvalue weighted by Crippen LogP contribution is -2.19. The molecule has 2 N–H and O–H groups in total. The van der Waals surface area contributed by atoms with Gasteiger partial charge in [0.25, 0.3) is 5.91 Å². The topological polar surface area (TPSA) is 107 Å². The van der Waals surface area contributed by atoms with Gasteiger partial charge in [-0.1, -0.05) is 6.07 Å². The molecule has 1 amide bonds. The van der Waals surface area contributed by atoms with Crippen LogP contribution in [0.1, 0.15) is 41.0 Å². The summed E-state index contributed by atoms with van der Waals surface area (Å²) in [6, 6.07) is 8.84. The third kappa shape index (κ3) is 3.56. The Bertz CT molecular complexity index is 1340. The highest BCUT2D eigenvalue weighted by molar-refractivity contribution is 6.04. The zero-order valence-electron chi connectivity index (χ0n) is 17.8. The third-order valence-corrected chi connectivity index (χ3v) is 6.07. The van der Waals surface area contributed by atoms with E-state index in [0.29, 0.717) is 23.2 Å². The van der Waals surface area contributed by atoms with Gasteiger partial charge in [0.05, 0.1) is 41.6 Å². The maximum absolute atomic E-state index is 13.1. The number of para-hydroxylation sites is 1. The van der Waals surface area contributed by atoms with E-state index in [1.54, 1.807) is 30.9 Å². The van der Waals surface area contributed by atoms with Crippen LogP contribution in [-0.2, 0) is 0 Å². The number of ether oxygens (including phenoxy) is 1. The molecule has 1 aromatic carbocycles. The predicted molar refractivity (Wildman–Crippen MR) is 121 cm³/mol. The smallest absolute Gasteiger partial charge is 0.274 e. The third-order valence-electron chi connectivity index (χ3n) is 6.07. The summed E-state index contributed by atoms with van der Waals surface area (Å²) in [5.41, 5.74) is 3.47. The Morgan fingerprint density at radius 3 is 2.94 bits per heavy atom. The number of carbonyl (C=O) groups is 1. The lowest BCUT2D eigenvalue weighted by Gasteiger charge is -2.15. The number of hydrogen-bond donors (Lipinski definition) is 2. The molecule has 1 aliphatic carbocycles. The number of benzene rings is 1. The molecule has 1 aliphatic heterocycles. The minimum Gasteiger partial charge on any atom is -0.488 e. The number of nitrogens with zero attached hydrogens (tertiary/aromatic N) is 5. The quantitative estimate of drug-likeness (QED) is 0.492. The Balaban J connectivity index is 1.29. The van der Waals surface area contributed by atoms with Crippen LogP contribution in [0.15, 0.2) is 61.4 Å². The molecule has 6 rings (SSSR count). The minimum absolute atomic E-state index is 0.0769. The molecule has 166 valence electrons. The number of aliphatic hydroxyl groups excluding tert-OH is 1. The maximum Gasteiger partial charge on any atom is 0.274 e. The molecule has 1 unspecified atom stereocenters. The molecule has 9 nitrogen and oxygen atoms in total. The molecule has 2 aliphatic rings. The Hall–Kier alpha value is -3.98. The van der Waals surface area contributed by atoms with E-state index in [4.69, 9.17) is 4.74 Å². The van der Waals surface area contributed by atoms with Crippen molar-refractivity contribution in [2.75, 3.05) is 18.5 Å². The molecule has 0 radical (unpaired) electrons. The van der Waals surface area contributed by atoms with E-state index >= 15 is 0 Å². The fourth-order valence-electron chi connectivity index (χ4n) is 4.14. The number of aromatic nitrogens is 5. The number of nitrogens with one attached hydrogen (secondary N) is 1. The molecule has 4 aromatic rings. The first-order chi connectivity index (χ1) is 16.2. The highest BCUT2D eigenvalue weighted by atomic mass is 16.5. The van der Waals surface area contributed by atoms with Crippen LogP contribution in [0, 0.1) is 0 Å². The zero-order valence-corrected chi connectivity index (χ0v) is 17.8. The molecule has 0 bridgehead atoms. The zero-order chi connectivity index (χ0) is 22.4. The molecule has 9 heteroatoms. The Morgan fingerprint density at radius 2 is 2.09 bits per heavy atom. The van der Waals surface area contributed by atoms with Gasteiger partial charge in [0.1, 0.15) is 18.1 Å². The predicted octanol–water partition coefficient (Wildman–Crippen LogP) is 3.19. The summed E-state index contributed by atoms with van der Waals surface area (Å²) >= 11 is 0. The largest absolute Gasteiger partial charge is 0.488 e. The normalized spacial score (nSPS) is 16.9. The number of aliphatic hydroxyl groups is 1. The molecule has 33 heavy (non-hydrogen) atoms. The second-order valence-electron chi connectivity index (χ2n) is 8.32. The van der Waals surface area contributed by atoms with Crippen LogP contribution in [0.4, 0.5) is 5.69 Å². The monoisotopic (exact) mass is 442 g/mol. The van der Waals surface area contributed by atoms with Crippen molar-refractivity contribution in [3.05, 3.63) is 72.8 Å². The van der Waals surface area contributed by atoms with Gasteiger partial charge in [-0.05, 0) is 37.1 Å². The number of amides is 1. The van der Waals surface area contributed by atoms with Crippen molar-refractivity contribution in [1.29, 1.82) is 0 Å². The first kappa shape index (κ1) is 19.7. The van der Waals surface area contributed by atoms with Gasteiger partial charge in [0, 0.05) is 30.7 Å². The summed E-state index contributed by atoms with van der Waals surface area (Å²) in [6.45, 7) is 0.184. The summed E-state index contributed by atoms with van der Waals surface area (Å²) in [5.74, 6) is 1.42. The number of fused-ring (bicyclic) bond motifs is 3. The molecule has 0 saturated heterocycles. The molecular formula is C24H22N6O3. The SMILES string of the molecule is O=C(Nc1cccc2c1OCC(CO)n1ccnc1-2)c1cc(-n2cnc(C3CC3)c2)ccn1. The molecule has 1 atom stereocenters. The average Bonchev–Trinajstić information content (AvgIpc) is 3.42. The summed E-state index contributed by atoms with van der Waals surface area (Å²) < 4.78 is 9.82. The van der Waals surface area contributed by atoms with E-state index in [2.05, 4.69) is 20.3 Å². The molecule has 1 saturated carbocycles. The van der Waals surface area contributed by atoms with Crippen molar-refractivity contribution in [2.24, 2.45) is 0 Å². The number of rotatable bonds is 5. The lowest BCUT2D eigenvalue weighted by atomic mass is 10.1. The van der Waals surface area contributed by atoms with Crippen LogP contribution in [-0.4, -0.2) is 48.3 Å². The van der Waals surface area contributed by atoms with Gasteiger partial charge >= 0.3 is 0 Å². The molecule has 4 heterocycles. The van der Waals surface area contributed by atoms with Crippen LogP contribution in [0.2, 0.25) is 0 Å².